The van der Waals surface area contributed by atoms with Gasteiger partial charge in [-0.1, -0.05) is 0 Å². The number of carboxylic acid groups (broad SMARTS) is 1. The van der Waals surface area contributed by atoms with Crippen LogP contribution in [0.1, 0.15) is 17.7 Å². The van der Waals surface area contributed by atoms with Gasteiger partial charge in [0.25, 0.3) is 0 Å². The molecule has 0 unspecified atom stereocenters. The van der Waals surface area contributed by atoms with E-state index in [0.29, 0.717) is 6.42 Å². The molecule has 0 atom stereocenters. The van der Waals surface area contributed by atoms with Crippen LogP contribution in [0.4, 0.5) is 0 Å². The zero-order valence-corrected chi connectivity index (χ0v) is 6.42. The summed E-state index contributed by atoms with van der Waals surface area (Å²) in [4.78, 5) is 13.2. The average Bonchev–Trinajstić information content (AvgIpc) is 2.31. The van der Waals surface area contributed by atoms with Crippen molar-refractivity contribution in [2.24, 2.45) is 0 Å². The number of aliphatic carboxylic acids is 1. The van der Waals surface area contributed by atoms with E-state index in [1.165, 1.54) is 0 Å². The number of carboxylic acids is 1. The molecule has 1 aromatic rings. The van der Waals surface area contributed by atoms with Crippen LogP contribution in [0.25, 0.3) is 0 Å². The van der Waals surface area contributed by atoms with Gasteiger partial charge in [-0.3, -0.25) is 4.79 Å². The van der Waals surface area contributed by atoms with Crippen molar-refractivity contribution < 1.29 is 9.90 Å². The van der Waals surface area contributed by atoms with Crippen LogP contribution in [-0.2, 0) is 11.2 Å². The predicted octanol–water partition coefficient (Wildman–Crippen LogP) is 1.34. The van der Waals surface area contributed by atoms with Crippen molar-refractivity contribution in [2.45, 2.75) is 19.8 Å². The molecule has 1 rings (SSSR count). The lowest BCUT2D eigenvalue weighted by Crippen LogP contribution is -1.97. The average molecular weight is 153 g/mol. The maximum Gasteiger partial charge on any atom is 0.303 e. The number of rotatable bonds is 3. The Hall–Kier alpha value is -1.25. The molecule has 0 bridgehead atoms. The van der Waals surface area contributed by atoms with Crippen LogP contribution < -0.4 is 0 Å². The molecule has 1 aromatic heterocycles. The fourth-order valence-corrected chi connectivity index (χ4v) is 0.951. The van der Waals surface area contributed by atoms with Gasteiger partial charge < -0.3 is 10.1 Å². The van der Waals surface area contributed by atoms with Gasteiger partial charge in [0.2, 0.25) is 0 Å². The number of aryl methyl sites for hydroxylation is 2. The van der Waals surface area contributed by atoms with Crippen molar-refractivity contribution in [2.75, 3.05) is 0 Å². The fraction of sp³-hybridized carbons (Fsp3) is 0.375. The smallest absolute Gasteiger partial charge is 0.303 e. The standard InChI is InChI=1S/C8H11NO2/c1-6-4-7(9-5-6)2-3-8(10)11/h4-5,9H,2-3H2,1H3,(H,10,11). The fourth-order valence-electron chi connectivity index (χ4n) is 0.951. The van der Waals surface area contributed by atoms with Gasteiger partial charge in [-0.2, -0.15) is 0 Å². The van der Waals surface area contributed by atoms with Gasteiger partial charge in [0, 0.05) is 11.9 Å². The first-order chi connectivity index (χ1) is 5.18. The Labute approximate surface area is 65.1 Å². The molecule has 0 aromatic carbocycles. The largest absolute Gasteiger partial charge is 0.481 e. The lowest BCUT2D eigenvalue weighted by molar-refractivity contribution is -0.136. The first kappa shape index (κ1) is 7.85. The molecule has 0 amide bonds. The minimum atomic E-state index is -0.753. The van der Waals surface area contributed by atoms with E-state index in [2.05, 4.69) is 4.98 Å². The highest BCUT2D eigenvalue weighted by atomic mass is 16.4. The molecule has 3 nitrogen and oxygen atoms in total. The topological polar surface area (TPSA) is 53.1 Å². The number of nitrogens with one attached hydrogen (secondary N) is 1. The third kappa shape index (κ3) is 2.45. The van der Waals surface area contributed by atoms with Crippen LogP contribution in [0.15, 0.2) is 12.3 Å². The molecule has 0 spiro atoms. The van der Waals surface area contributed by atoms with E-state index in [0.717, 1.165) is 11.3 Å². The SMILES string of the molecule is Cc1c[nH]c(CCC(=O)O)c1. The Balaban J connectivity index is 2.45. The van der Waals surface area contributed by atoms with Crippen molar-refractivity contribution in [3.63, 3.8) is 0 Å². The number of H-pyrrole nitrogens is 1. The molecular formula is C8H11NO2. The van der Waals surface area contributed by atoms with Crippen molar-refractivity contribution in [3.8, 4) is 0 Å². The van der Waals surface area contributed by atoms with Gasteiger partial charge in [-0.05, 0) is 25.0 Å². The van der Waals surface area contributed by atoms with Gasteiger partial charge in [0.15, 0.2) is 0 Å². The summed E-state index contributed by atoms with van der Waals surface area (Å²) in [5, 5.41) is 8.37. The minimum absolute atomic E-state index is 0.194. The Morgan fingerprint density at radius 2 is 2.45 bits per heavy atom. The van der Waals surface area contributed by atoms with Crippen molar-refractivity contribution in [3.05, 3.63) is 23.5 Å². The summed E-state index contributed by atoms with van der Waals surface area (Å²) >= 11 is 0. The molecule has 1 heterocycles. The van der Waals surface area contributed by atoms with E-state index < -0.39 is 5.97 Å². The van der Waals surface area contributed by atoms with Gasteiger partial charge in [-0.25, -0.2) is 0 Å². The zero-order chi connectivity index (χ0) is 8.27. The second-order valence-corrected chi connectivity index (χ2v) is 2.60. The predicted molar refractivity (Wildman–Crippen MR) is 41.5 cm³/mol. The van der Waals surface area contributed by atoms with Crippen LogP contribution in [-0.4, -0.2) is 16.1 Å². The first-order valence-electron chi connectivity index (χ1n) is 3.54. The molecular weight excluding hydrogens is 142 g/mol. The second-order valence-electron chi connectivity index (χ2n) is 2.60. The van der Waals surface area contributed by atoms with Crippen LogP contribution in [0.2, 0.25) is 0 Å². The van der Waals surface area contributed by atoms with E-state index in [-0.39, 0.29) is 6.42 Å². The zero-order valence-electron chi connectivity index (χ0n) is 6.42. The molecule has 0 aliphatic rings. The van der Waals surface area contributed by atoms with Gasteiger partial charge >= 0.3 is 5.97 Å². The van der Waals surface area contributed by atoms with E-state index in [9.17, 15) is 4.79 Å². The molecule has 0 fully saturated rings. The summed E-state index contributed by atoms with van der Waals surface area (Å²) in [6.45, 7) is 1.97. The summed E-state index contributed by atoms with van der Waals surface area (Å²) in [6.07, 6.45) is 2.65. The maximum atomic E-state index is 10.2. The molecule has 60 valence electrons. The summed E-state index contributed by atoms with van der Waals surface area (Å²) in [7, 11) is 0. The normalized spacial score (nSPS) is 9.91. The highest BCUT2D eigenvalue weighted by molar-refractivity contribution is 5.66. The number of aromatic amines is 1. The summed E-state index contributed by atoms with van der Waals surface area (Å²) in [5.74, 6) is -0.753. The van der Waals surface area contributed by atoms with Crippen LogP contribution >= 0.6 is 0 Å². The molecule has 11 heavy (non-hydrogen) atoms. The van der Waals surface area contributed by atoms with E-state index in [1.807, 2.05) is 19.2 Å². The van der Waals surface area contributed by atoms with E-state index in [1.54, 1.807) is 0 Å². The van der Waals surface area contributed by atoms with Gasteiger partial charge in [0.05, 0.1) is 6.42 Å². The van der Waals surface area contributed by atoms with Gasteiger partial charge in [0.1, 0.15) is 0 Å². The summed E-state index contributed by atoms with van der Waals surface area (Å²) in [5.41, 5.74) is 2.13. The lowest BCUT2D eigenvalue weighted by Gasteiger charge is -1.91. The summed E-state index contributed by atoms with van der Waals surface area (Å²) in [6, 6.07) is 1.96. The number of hydrogen-bond donors (Lipinski definition) is 2. The second kappa shape index (κ2) is 3.23. The highest BCUT2D eigenvalue weighted by Gasteiger charge is 1.99. The Kier molecular flexibility index (Phi) is 2.31. The van der Waals surface area contributed by atoms with Crippen molar-refractivity contribution >= 4 is 5.97 Å². The maximum absolute atomic E-state index is 10.2. The lowest BCUT2D eigenvalue weighted by atomic mass is 10.2. The minimum Gasteiger partial charge on any atom is -0.481 e. The Bertz CT molecular complexity index is 252. The monoisotopic (exact) mass is 153 g/mol. The number of hydrogen-bond acceptors (Lipinski definition) is 1. The van der Waals surface area contributed by atoms with Crippen LogP contribution in [0.3, 0.4) is 0 Å². The summed E-state index contributed by atoms with van der Waals surface area (Å²) < 4.78 is 0. The third-order valence-electron chi connectivity index (χ3n) is 1.50. The number of aromatic nitrogens is 1. The van der Waals surface area contributed by atoms with Crippen molar-refractivity contribution in [1.29, 1.82) is 0 Å². The molecule has 0 aliphatic heterocycles. The van der Waals surface area contributed by atoms with E-state index in [4.69, 9.17) is 5.11 Å². The molecule has 3 heteroatoms. The Morgan fingerprint density at radius 3 is 2.91 bits per heavy atom. The highest BCUT2D eigenvalue weighted by Crippen LogP contribution is 2.03. The van der Waals surface area contributed by atoms with Gasteiger partial charge in [-0.15, -0.1) is 0 Å². The van der Waals surface area contributed by atoms with Crippen LogP contribution in [0, 0.1) is 6.92 Å². The Morgan fingerprint density at radius 1 is 1.73 bits per heavy atom. The number of carbonyl (C=O) groups is 1. The first-order valence-corrected chi connectivity index (χ1v) is 3.54. The van der Waals surface area contributed by atoms with Crippen LogP contribution in [0.5, 0.6) is 0 Å². The molecule has 0 aliphatic carbocycles. The van der Waals surface area contributed by atoms with Crippen molar-refractivity contribution in [1.82, 2.24) is 4.98 Å². The van der Waals surface area contributed by atoms with E-state index >= 15 is 0 Å². The quantitative estimate of drug-likeness (QED) is 0.688. The molecule has 2 N–H and O–H groups in total. The molecule has 0 saturated heterocycles. The molecule has 0 radical (unpaired) electrons. The molecule has 0 saturated carbocycles. The third-order valence-corrected chi connectivity index (χ3v) is 1.50.